The van der Waals surface area contributed by atoms with Crippen molar-refractivity contribution in [2.45, 2.75) is 112 Å². The van der Waals surface area contributed by atoms with Crippen LogP contribution in [0.15, 0.2) is 0 Å². The van der Waals surface area contributed by atoms with Crippen molar-refractivity contribution in [1.82, 2.24) is 20.4 Å². The Bertz CT molecular complexity index is 767. The molecule has 0 aliphatic heterocycles. The largest absolute Gasteiger partial charge is 0.444 e. The second kappa shape index (κ2) is 15.2. The molecule has 0 fully saturated rings. The topological polar surface area (TPSA) is 136 Å². The highest BCUT2D eigenvalue weighted by Crippen LogP contribution is 2.15. The van der Waals surface area contributed by atoms with E-state index in [-0.39, 0.29) is 45.2 Å². The molecule has 0 aliphatic carbocycles. The Balaban J connectivity index is 5.44. The Labute approximate surface area is 240 Å². The summed E-state index contributed by atoms with van der Waals surface area (Å²) in [5.74, 6) is -0.205. The average molecular weight is 575 g/mol. The number of nitrogens with one attached hydrogen (secondary N) is 2. The minimum absolute atomic E-state index is 0.149. The molecule has 12 heteroatoms. The van der Waals surface area contributed by atoms with E-state index in [1.807, 2.05) is 6.92 Å². The number of alkyl carbamates (subject to hydrolysis) is 2. The zero-order chi connectivity index (χ0) is 31.5. The lowest BCUT2D eigenvalue weighted by molar-refractivity contribution is 0.0146. The van der Waals surface area contributed by atoms with Gasteiger partial charge in [0.15, 0.2) is 0 Å². The van der Waals surface area contributed by atoms with Crippen molar-refractivity contribution in [3.8, 4) is 0 Å². The smallest absolute Gasteiger partial charge is 0.410 e. The predicted molar refractivity (Wildman–Crippen MR) is 153 cm³/mol. The summed E-state index contributed by atoms with van der Waals surface area (Å²) in [7, 11) is 0. The van der Waals surface area contributed by atoms with Crippen LogP contribution in [-0.4, -0.2) is 95.8 Å². The number of hydrogen-bond acceptors (Lipinski definition) is 8. The zero-order valence-corrected chi connectivity index (χ0v) is 27.0. The van der Waals surface area contributed by atoms with Crippen LogP contribution in [0, 0.1) is 5.92 Å². The molecule has 0 heterocycles. The monoisotopic (exact) mass is 574 g/mol. The molecule has 0 aromatic rings. The second-order valence-electron chi connectivity index (χ2n) is 13.8. The van der Waals surface area contributed by atoms with Crippen molar-refractivity contribution in [1.29, 1.82) is 0 Å². The van der Waals surface area contributed by atoms with Gasteiger partial charge >= 0.3 is 24.4 Å². The maximum absolute atomic E-state index is 13.0. The van der Waals surface area contributed by atoms with Crippen molar-refractivity contribution in [3.05, 3.63) is 0 Å². The van der Waals surface area contributed by atoms with Crippen molar-refractivity contribution < 1.29 is 38.1 Å². The van der Waals surface area contributed by atoms with Crippen LogP contribution in [0.4, 0.5) is 19.2 Å². The average Bonchev–Trinajstić information content (AvgIpc) is 2.66. The van der Waals surface area contributed by atoms with E-state index in [0.29, 0.717) is 0 Å². The SMILES string of the molecule is CC(CN(CCNC(=O)OC(C)(C)C)C(=O)OC(C)(C)C)CN(CCNC(=O)OC(C)(C)C)C(=O)OC(C)(C)C. The Morgan fingerprint density at radius 2 is 0.825 bits per heavy atom. The fraction of sp³-hybridized carbons (Fsp3) is 0.857. The van der Waals surface area contributed by atoms with Crippen LogP contribution < -0.4 is 10.6 Å². The lowest BCUT2D eigenvalue weighted by Gasteiger charge is -2.32. The molecule has 0 aromatic carbocycles. The van der Waals surface area contributed by atoms with E-state index >= 15 is 0 Å². The molecule has 0 saturated heterocycles. The van der Waals surface area contributed by atoms with Gasteiger partial charge in [-0.2, -0.15) is 0 Å². The van der Waals surface area contributed by atoms with Crippen LogP contribution in [0.25, 0.3) is 0 Å². The molecule has 2 N–H and O–H groups in total. The lowest BCUT2D eigenvalue weighted by atomic mass is 10.1. The third-order valence-electron chi connectivity index (χ3n) is 4.47. The molecule has 0 aromatic heterocycles. The van der Waals surface area contributed by atoms with Gasteiger partial charge in [-0.1, -0.05) is 6.92 Å². The van der Waals surface area contributed by atoms with E-state index in [1.165, 1.54) is 9.80 Å². The van der Waals surface area contributed by atoms with Crippen LogP contribution in [0.2, 0.25) is 0 Å². The summed E-state index contributed by atoms with van der Waals surface area (Å²) in [6.07, 6.45) is -2.25. The van der Waals surface area contributed by atoms with Crippen molar-refractivity contribution in [3.63, 3.8) is 0 Å². The molecule has 40 heavy (non-hydrogen) atoms. The molecule has 0 spiro atoms. The molecule has 0 rings (SSSR count). The first-order chi connectivity index (χ1) is 17.9. The summed E-state index contributed by atoms with van der Waals surface area (Å²) in [5.41, 5.74) is -2.72. The van der Waals surface area contributed by atoms with Gasteiger partial charge in [-0.15, -0.1) is 0 Å². The number of ether oxygens (including phenoxy) is 4. The molecule has 0 unspecified atom stereocenters. The van der Waals surface area contributed by atoms with E-state index in [4.69, 9.17) is 18.9 Å². The van der Waals surface area contributed by atoms with Crippen molar-refractivity contribution >= 4 is 24.4 Å². The van der Waals surface area contributed by atoms with Gasteiger partial charge < -0.3 is 39.4 Å². The van der Waals surface area contributed by atoms with Gasteiger partial charge in [0.05, 0.1) is 0 Å². The maximum atomic E-state index is 13.0. The second-order valence-corrected chi connectivity index (χ2v) is 13.8. The highest BCUT2D eigenvalue weighted by molar-refractivity contribution is 5.70. The number of hydrogen-bond donors (Lipinski definition) is 2. The first-order valence-electron chi connectivity index (χ1n) is 13.8. The predicted octanol–water partition coefficient (Wildman–Crippen LogP) is 5.15. The molecule has 0 bridgehead atoms. The summed E-state index contributed by atoms with van der Waals surface area (Å²) >= 11 is 0. The van der Waals surface area contributed by atoms with Gasteiger partial charge in [-0.25, -0.2) is 19.2 Å². The normalized spacial score (nSPS) is 12.3. The van der Waals surface area contributed by atoms with Crippen LogP contribution >= 0.6 is 0 Å². The summed E-state index contributed by atoms with van der Waals surface area (Å²) in [5, 5.41) is 5.31. The Hall–Kier alpha value is -2.92. The van der Waals surface area contributed by atoms with E-state index in [0.717, 1.165) is 0 Å². The summed E-state index contributed by atoms with van der Waals surface area (Å²) < 4.78 is 21.6. The first-order valence-corrected chi connectivity index (χ1v) is 13.8. The zero-order valence-electron chi connectivity index (χ0n) is 27.0. The standard InChI is InChI=1S/C28H54N4O8/c1-20(18-31(23(35)39-27(8,9)10)16-14-29-21(33)37-25(2,3)4)19-32(24(36)40-28(11,12)13)17-15-30-22(34)38-26(5,6)7/h20H,14-19H2,1-13H3,(H,29,33)(H,30,34). The molecule has 0 atom stereocenters. The molecule has 0 saturated carbocycles. The molecule has 4 amide bonds. The molecular weight excluding hydrogens is 520 g/mol. The fourth-order valence-corrected chi connectivity index (χ4v) is 3.19. The number of rotatable bonds is 10. The highest BCUT2D eigenvalue weighted by Gasteiger charge is 2.28. The third kappa shape index (κ3) is 20.0. The number of nitrogens with zero attached hydrogens (tertiary/aromatic N) is 2. The minimum Gasteiger partial charge on any atom is -0.444 e. The van der Waals surface area contributed by atoms with Crippen LogP contribution in [0.5, 0.6) is 0 Å². The Morgan fingerprint density at radius 1 is 0.550 bits per heavy atom. The molecule has 0 aliphatic rings. The van der Waals surface area contributed by atoms with Gasteiger partial charge in [-0.3, -0.25) is 0 Å². The van der Waals surface area contributed by atoms with Gasteiger partial charge in [0.1, 0.15) is 22.4 Å². The van der Waals surface area contributed by atoms with Gasteiger partial charge in [0.2, 0.25) is 0 Å². The molecular formula is C28H54N4O8. The number of carbonyl (C=O) groups excluding carboxylic acids is 4. The quantitative estimate of drug-likeness (QED) is 0.342. The summed E-state index contributed by atoms with van der Waals surface area (Å²) in [6.45, 7) is 24.2. The van der Waals surface area contributed by atoms with Crippen LogP contribution in [0.1, 0.15) is 90.0 Å². The van der Waals surface area contributed by atoms with Crippen molar-refractivity contribution in [2.24, 2.45) is 5.92 Å². The number of carbonyl (C=O) groups is 4. The van der Waals surface area contributed by atoms with E-state index in [2.05, 4.69) is 10.6 Å². The molecule has 12 nitrogen and oxygen atoms in total. The maximum Gasteiger partial charge on any atom is 0.410 e. The van der Waals surface area contributed by atoms with Gasteiger partial charge in [-0.05, 0) is 89.0 Å². The lowest BCUT2D eigenvalue weighted by Crippen LogP contribution is -2.47. The Kier molecular flexibility index (Phi) is 14.1. The van der Waals surface area contributed by atoms with E-state index in [9.17, 15) is 19.2 Å². The van der Waals surface area contributed by atoms with Gasteiger partial charge in [0.25, 0.3) is 0 Å². The Morgan fingerprint density at radius 3 is 1.07 bits per heavy atom. The van der Waals surface area contributed by atoms with Gasteiger partial charge in [0, 0.05) is 39.3 Å². The van der Waals surface area contributed by atoms with E-state index in [1.54, 1.807) is 83.1 Å². The minimum atomic E-state index is -0.715. The number of amides is 4. The van der Waals surface area contributed by atoms with Crippen LogP contribution in [-0.2, 0) is 18.9 Å². The van der Waals surface area contributed by atoms with Crippen molar-refractivity contribution in [2.75, 3.05) is 39.3 Å². The molecule has 234 valence electrons. The fourth-order valence-electron chi connectivity index (χ4n) is 3.19. The first kappa shape index (κ1) is 37.1. The molecule has 0 radical (unpaired) electrons. The summed E-state index contributed by atoms with van der Waals surface area (Å²) in [4.78, 5) is 53.0. The van der Waals surface area contributed by atoms with Crippen LogP contribution in [0.3, 0.4) is 0 Å². The summed E-state index contributed by atoms with van der Waals surface area (Å²) in [6, 6.07) is 0. The highest BCUT2D eigenvalue weighted by atomic mass is 16.6. The van der Waals surface area contributed by atoms with E-state index < -0.39 is 46.8 Å². The third-order valence-corrected chi connectivity index (χ3v) is 4.47.